The predicted octanol–water partition coefficient (Wildman–Crippen LogP) is 4.38. The molecule has 0 aromatic heterocycles. The van der Waals surface area contributed by atoms with Gasteiger partial charge in [0.05, 0.1) is 0 Å². The molecule has 0 bridgehead atoms. The smallest absolute Gasteiger partial charge is 0.130 e. The van der Waals surface area contributed by atoms with Crippen molar-refractivity contribution in [1.82, 2.24) is 5.32 Å². The molecule has 1 unspecified atom stereocenters. The highest BCUT2D eigenvalue weighted by atomic mass is 19.1. The van der Waals surface area contributed by atoms with Crippen LogP contribution in [0.4, 0.5) is 8.78 Å². The van der Waals surface area contributed by atoms with Crippen LogP contribution in [0.15, 0.2) is 48.5 Å². The molecule has 19 heavy (non-hydrogen) atoms. The third-order valence-electron chi connectivity index (χ3n) is 3.23. The van der Waals surface area contributed by atoms with E-state index in [0.29, 0.717) is 0 Å². The maximum Gasteiger partial charge on any atom is 0.130 e. The van der Waals surface area contributed by atoms with Crippen molar-refractivity contribution < 1.29 is 8.78 Å². The summed E-state index contributed by atoms with van der Waals surface area (Å²) in [5, 5.41) is 3.21. The van der Waals surface area contributed by atoms with E-state index in [1.54, 1.807) is 6.92 Å². The first-order chi connectivity index (χ1) is 9.09. The molecule has 0 aliphatic rings. The lowest BCUT2D eigenvalue weighted by Crippen LogP contribution is -2.24. The van der Waals surface area contributed by atoms with Gasteiger partial charge in [0.2, 0.25) is 0 Å². The summed E-state index contributed by atoms with van der Waals surface area (Å²) in [7, 11) is 0. The number of halogens is 2. The van der Waals surface area contributed by atoms with Gasteiger partial charge in [-0.25, -0.2) is 8.78 Å². The van der Waals surface area contributed by atoms with E-state index in [1.165, 1.54) is 18.2 Å². The number of benzene rings is 2. The van der Waals surface area contributed by atoms with Crippen molar-refractivity contribution in [3.05, 3.63) is 71.3 Å². The van der Waals surface area contributed by atoms with E-state index >= 15 is 0 Å². The molecular weight excluding hydrogens is 244 g/mol. The Bertz CT molecular complexity index is 519. The van der Waals surface area contributed by atoms with E-state index in [2.05, 4.69) is 5.32 Å². The predicted molar refractivity (Wildman–Crippen MR) is 72.8 cm³/mol. The lowest BCUT2D eigenvalue weighted by Gasteiger charge is -2.21. The summed E-state index contributed by atoms with van der Waals surface area (Å²) in [6, 6.07) is 13.4. The van der Waals surface area contributed by atoms with Gasteiger partial charge in [-0.05, 0) is 31.5 Å². The van der Waals surface area contributed by atoms with Crippen LogP contribution in [-0.4, -0.2) is 0 Å². The lowest BCUT2D eigenvalue weighted by molar-refractivity contribution is 0.450. The van der Waals surface area contributed by atoms with E-state index in [-0.39, 0.29) is 11.6 Å². The fourth-order valence-electron chi connectivity index (χ4n) is 2.22. The van der Waals surface area contributed by atoms with Crippen LogP contribution in [0.5, 0.6) is 0 Å². The standard InChI is InChI=1S/C16H17F2N/c1-11(13-7-4-3-5-8-13)19-12(2)16-14(17)9-6-10-15(16)18/h3-12,19H,1-2H3/t11-,12?/m1/s1. The molecule has 1 nitrogen and oxygen atoms in total. The molecule has 3 heteroatoms. The van der Waals surface area contributed by atoms with E-state index < -0.39 is 17.7 Å². The highest BCUT2D eigenvalue weighted by molar-refractivity contribution is 5.24. The van der Waals surface area contributed by atoms with Crippen LogP contribution in [0.3, 0.4) is 0 Å². The van der Waals surface area contributed by atoms with E-state index in [0.717, 1.165) is 5.56 Å². The largest absolute Gasteiger partial charge is 0.303 e. The van der Waals surface area contributed by atoms with Crippen molar-refractivity contribution >= 4 is 0 Å². The Morgan fingerprint density at radius 1 is 0.789 bits per heavy atom. The topological polar surface area (TPSA) is 12.0 Å². The zero-order chi connectivity index (χ0) is 13.8. The third kappa shape index (κ3) is 3.18. The SMILES string of the molecule is CC(N[C@H](C)c1ccccc1)c1c(F)cccc1F. The maximum atomic E-state index is 13.7. The zero-order valence-electron chi connectivity index (χ0n) is 11.0. The fourth-order valence-corrected chi connectivity index (χ4v) is 2.22. The second-order valence-corrected chi connectivity index (χ2v) is 4.66. The molecule has 0 amide bonds. The van der Waals surface area contributed by atoms with Crippen LogP contribution in [0.1, 0.15) is 37.1 Å². The number of nitrogens with one attached hydrogen (secondary N) is 1. The molecule has 2 aromatic rings. The van der Waals surface area contributed by atoms with Crippen LogP contribution in [0.2, 0.25) is 0 Å². The molecule has 0 heterocycles. The van der Waals surface area contributed by atoms with Crippen molar-refractivity contribution in [1.29, 1.82) is 0 Å². The van der Waals surface area contributed by atoms with E-state index in [4.69, 9.17) is 0 Å². The molecule has 0 spiro atoms. The first-order valence-corrected chi connectivity index (χ1v) is 6.34. The highest BCUT2D eigenvalue weighted by Crippen LogP contribution is 2.23. The fraction of sp³-hybridized carbons (Fsp3) is 0.250. The van der Waals surface area contributed by atoms with Crippen molar-refractivity contribution in [2.45, 2.75) is 25.9 Å². The third-order valence-corrected chi connectivity index (χ3v) is 3.23. The maximum absolute atomic E-state index is 13.7. The van der Waals surface area contributed by atoms with Gasteiger partial charge in [0, 0.05) is 17.6 Å². The van der Waals surface area contributed by atoms with Gasteiger partial charge in [-0.1, -0.05) is 36.4 Å². The Kier molecular flexibility index (Phi) is 4.27. The van der Waals surface area contributed by atoms with Gasteiger partial charge >= 0.3 is 0 Å². The number of hydrogen-bond donors (Lipinski definition) is 1. The second-order valence-electron chi connectivity index (χ2n) is 4.66. The average molecular weight is 261 g/mol. The summed E-state index contributed by atoms with van der Waals surface area (Å²) < 4.78 is 27.3. The van der Waals surface area contributed by atoms with E-state index in [1.807, 2.05) is 37.3 Å². The molecule has 2 atom stereocenters. The summed E-state index contributed by atoms with van der Waals surface area (Å²) in [5.41, 5.74) is 1.18. The molecule has 1 N–H and O–H groups in total. The highest BCUT2D eigenvalue weighted by Gasteiger charge is 2.17. The Hall–Kier alpha value is -1.74. The van der Waals surface area contributed by atoms with Crippen molar-refractivity contribution in [3.63, 3.8) is 0 Å². The molecule has 0 radical (unpaired) electrons. The second kappa shape index (κ2) is 5.93. The van der Waals surface area contributed by atoms with Gasteiger partial charge in [-0.15, -0.1) is 0 Å². The van der Waals surface area contributed by atoms with Gasteiger partial charge in [-0.3, -0.25) is 0 Å². The molecule has 2 rings (SSSR count). The minimum absolute atomic E-state index is 0.0233. The van der Waals surface area contributed by atoms with Crippen LogP contribution in [-0.2, 0) is 0 Å². The number of rotatable bonds is 4. The van der Waals surface area contributed by atoms with Gasteiger partial charge in [0.15, 0.2) is 0 Å². The Morgan fingerprint density at radius 2 is 1.37 bits per heavy atom. The van der Waals surface area contributed by atoms with Gasteiger partial charge in [0.1, 0.15) is 11.6 Å². The Labute approximate surface area is 112 Å². The molecule has 0 aliphatic heterocycles. The summed E-state index contributed by atoms with van der Waals surface area (Å²) in [5.74, 6) is -1.03. The molecule has 0 aliphatic carbocycles. The molecular formula is C16H17F2N. The lowest BCUT2D eigenvalue weighted by atomic mass is 10.0. The molecule has 100 valence electrons. The number of hydrogen-bond acceptors (Lipinski definition) is 1. The van der Waals surface area contributed by atoms with Crippen LogP contribution in [0, 0.1) is 11.6 Å². The summed E-state index contributed by atoms with van der Waals surface area (Å²) in [6.07, 6.45) is 0. The van der Waals surface area contributed by atoms with Crippen molar-refractivity contribution in [2.75, 3.05) is 0 Å². The summed E-state index contributed by atoms with van der Waals surface area (Å²) in [6.45, 7) is 3.74. The zero-order valence-corrected chi connectivity index (χ0v) is 11.0. The van der Waals surface area contributed by atoms with E-state index in [9.17, 15) is 8.78 Å². The van der Waals surface area contributed by atoms with Crippen LogP contribution >= 0.6 is 0 Å². The average Bonchev–Trinajstić information content (AvgIpc) is 2.39. The molecule has 0 fully saturated rings. The quantitative estimate of drug-likeness (QED) is 0.861. The summed E-state index contributed by atoms with van der Waals surface area (Å²) >= 11 is 0. The molecule has 2 aromatic carbocycles. The first kappa shape index (κ1) is 13.7. The van der Waals surface area contributed by atoms with Crippen LogP contribution < -0.4 is 5.32 Å². The monoisotopic (exact) mass is 261 g/mol. The molecule has 0 saturated carbocycles. The van der Waals surface area contributed by atoms with Crippen LogP contribution in [0.25, 0.3) is 0 Å². The van der Waals surface area contributed by atoms with Gasteiger partial charge in [-0.2, -0.15) is 0 Å². The minimum Gasteiger partial charge on any atom is -0.303 e. The Balaban J connectivity index is 2.15. The van der Waals surface area contributed by atoms with Crippen molar-refractivity contribution in [2.24, 2.45) is 0 Å². The Morgan fingerprint density at radius 3 is 1.95 bits per heavy atom. The molecule has 0 saturated heterocycles. The van der Waals surface area contributed by atoms with Gasteiger partial charge < -0.3 is 5.32 Å². The normalized spacial score (nSPS) is 14.1. The van der Waals surface area contributed by atoms with Gasteiger partial charge in [0.25, 0.3) is 0 Å². The minimum atomic E-state index is -0.514. The first-order valence-electron chi connectivity index (χ1n) is 6.34. The van der Waals surface area contributed by atoms with Crippen molar-refractivity contribution in [3.8, 4) is 0 Å². The summed E-state index contributed by atoms with van der Waals surface area (Å²) in [4.78, 5) is 0.